The largest absolute Gasteiger partial charge is 0.481 e. The minimum atomic E-state index is -0.803. The van der Waals surface area contributed by atoms with Gasteiger partial charge in [-0.25, -0.2) is 4.98 Å². The molecule has 0 atom stereocenters. The van der Waals surface area contributed by atoms with Crippen LogP contribution in [-0.4, -0.2) is 45.7 Å². The molecule has 1 aromatic carbocycles. The van der Waals surface area contributed by atoms with Gasteiger partial charge in [-0.3, -0.25) is 15.0 Å². The van der Waals surface area contributed by atoms with Crippen molar-refractivity contribution < 1.29 is 14.7 Å². The molecule has 0 spiro atoms. The molecule has 1 aliphatic carbocycles. The van der Waals surface area contributed by atoms with Crippen molar-refractivity contribution >= 4 is 23.3 Å². The first-order valence-electron chi connectivity index (χ1n) is 11.6. The van der Waals surface area contributed by atoms with Gasteiger partial charge in [0.15, 0.2) is 5.78 Å². The number of nitrogens with one attached hydrogen (secondary N) is 2. The molecular weight excluding hydrogens is 416 g/mol. The fourth-order valence-corrected chi connectivity index (χ4v) is 4.23. The van der Waals surface area contributed by atoms with E-state index in [1.807, 2.05) is 18.2 Å². The number of carbonyl (C=O) groups excluding carboxylic acids is 1. The number of pyridine rings is 1. The molecule has 0 saturated heterocycles. The van der Waals surface area contributed by atoms with Crippen LogP contribution in [-0.2, 0) is 16.8 Å². The van der Waals surface area contributed by atoms with Crippen molar-refractivity contribution in [2.75, 3.05) is 18.4 Å². The van der Waals surface area contributed by atoms with Crippen molar-refractivity contribution in [1.29, 1.82) is 5.41 Å². The highest BCUT2D eigenvalue weighted by molar-refractivity contribution is 6.04. The maximum Gasteiger partial charge on any atom is 0.303 e. The average molecular weight is 449 g/mol. The number of benzene rings is 1. The number of fused-ring (bicyclic) bond motifs is 1. The Morgan fingerprint density at radius 1 is 1.21 bits per heavy atom. The number of ketones is 1. The normalized spacial score (nSPS) is 15.5. The van der Waals surface area contributed by atoms with E-state index in [1.165, 1.54) is 12.8 Å². The van der Waals surface area contributed by atoms with Gasteiger partial charge < -0.3 is 15.3 Å². The van der Waals surface area contributed by atoms with Gasteiger partial charge in [0.2, 0.25) is 0 Å². The summed E-state index contributed by atoms with van der Waals surface area (Å²) in [6, 6.07) is 9.76. The number of Topliss-reactive ketones (excluding diaryl/α,β-unsaturated/α-hetero) is 1. The van der Waals surface area contributed by atoms with E-state index in [-0.39, 0.29) is 24.2 Å². The lowest BCUT2D eigenvalue weighted by Crippen LogP contribution is -2.30. The van der Waals surface area contributed by atoms with Crippen LogP contribution in [0.4, 0.5) is 5.69 Å². The number of aliphatic carboxylic acids is 1. The summed E-state index contributed by atoms with van der Waals surface area (Å²) in [6.45, 7) is 7.51. The molecule has 0 bridgehead atoms. The maximum atomic E-state index is 13.2. The molecule has 2 heterocycles. The summed E-state index contributed by atoms with van der Waals surface area (Å²) >= 11 is 0. The molecule has 2 aromatic rings. The average Bonchev–Trinajstić information content (AvgIpc) is 3.56. The molecule has 33 heavy (non-hydrogen) atoms. The van der Waals surface area contributed by atoms with Crippen molar-refractivity contribution in [3.63, 3.8) is 0 Å². The number of nitrogens with zero attached hydrogens (tertiary/aromatic N) is 2. The number of carbonyl (C=O) groups is 2. The lowest BCUT2D eigenvalue weighted by Gasteiger charge is -2.25. The summed E-state index contributed by atoms with van der Waals surface area (Å²) < 4.78 is 0. The van der Waals surface area contributed by atoms with Crippen LogP contribution < -0.4 is 5.32 Å². The zero-order valence-electron chi connectivity index (χ0n) is 19.6. The number of rotatable bonds is 9. The highest BCUT2D eigenvalue weighted by atomic mass is 16.4. The maximum absolute atomic E-state index is 13.2. The van der Waals surface area contributed by atoms with Gasteiger partial charge in [-0.2, -0.15) is 0 Å². The second kappa shape index (κ2) is 8.96. The van der Waals surface area contributed by atoms with E-state index >= 15 is 0 Å². The molecule has 1 aliphatic heterocycles. The molecular formula is C26H32N4O3. The van der Waals surface area contributed by atoms with Gasteiger partial charge in [0, 0.05) is 47.9 Å². The Hall–Kier alpha value is -3.22. The van der Waals surface area contributed by atoms with E-state index in [0.29, 0.717) is 42.5 Å². The topological polar surface area (TPSA) is 106 Å². The molecule has 7 nitrogen and oxygen atoms in total. The van der Waals surface area contributed by atoms with Crippen molar-refractivity contribution in [3.05, 3.63) is 58.4 Å². The molecule has 1 saturated carbocycles. The summed E-state index contributed by atoms with van der Waals surface area (Å²) in [5, 5.41) is 20.7. The van der Waals surface area contributed by atoms with Crippen LogP contribution in [0.15, 0.2) is 30.3 Å². The number of hydrogen-bond acceptors (Lipinski definition) is 5. The van der Waals surface area contributed by atoms with Gasteiger partial charge in [-0.05, 0) is 54.5 Å². The van der Waals surface area contributed by atoms with Crippen molar-refractivity contribution in [1.82, 2.24) is 9.88 Å². The smallest absolute Gasteiger partial charge is 0.303 e. The number of hydrogen-bond donors (Lipinski definition) is 3. The predicted octanol–water partition coefficient (Wildman–Crippen LogP) is 4.56. The van der Waals surface area contributed by atoms with Crippen LogP contribution in [0.2, 0.25) is 0 Å². The van der Waals surface area contributed by atoms with Crippen molar-refractivity contribution in [2.45, 2.75) is 64.3 Å². The quantitative estimate of drug-likeness (QED) is 0.384. The molecule has 2 aliphatic rings. The lowest BCUT2D eigenvalue weighted by molar-refractivity contribution is -0.137. The van der Waals surface area contributed by atoms with E-state index in [9.17, 15) is 9.59 Å². The van der Waals surface area contributed by atoms with Gasteiger partial charge >= 0.3 is 5.97 Å². The summed E-state index contributed by atoms with van der Waals surface area (Å²) in [4.78, 5) is 30.4. The highest BCUT2D eigenvalue weighted by Gasteiger charge is 2.31. The minimum absolute atomic E-state index is 0.0297. The third kappa shape index (κ3) is 5.24. The first kappa shape index (κ1) is 23.0. The van der Waals surface area contributed by atoms with Crippen LogP contribution in [0, 0.1) is 5.41 Å². The van der Waals surface area contributed by atoms with Crippen LogP contribution in [0.1, 0.15) is 85.2 Å². The fourth-order valence-electron chi connectivity index (χ4n) is 4.23. The first-order valence-corrected chi connectivity index (χ1v) is 11.6. The third-order valence-electron chi connectivity index (χ3n) is 6.26. The van der Waals surface area contributed by atoms with Crippen LogP contribution >= 0.6 is 0 Å². The Balaban J connectivity index is 1.46. The highest BCUT2D eigenvalue weighted by Crippen LogP contribution is 2.39. The Morgan fingerprint density at radius 3 is 2.64 bits per heavy atom. The van der Waals surface area contributed by atoms with Gasteiger partial charge in [0.25, 0.3) is 0 Å². The Morgan fingerprint density at radius 2 is 1.97 bits per heavy atom. The van der Waals surface area contributed by atoms with E-state index < -0.39 is 5.97 Å². The van der Waals surface area contributed by atoms with Gasteiger partial charge in [0.05, 0.1) is 6.54 Å². The summed E-state index contributed by atoms with van der Waals surface area (Å²) in [5.41, 5.74) is 5.14. The summed E-state index contributed by atoms with van der Waals surface area (Å²) in [5.74, 6) is 0.0275. The molecule has 3 N–H and O–H groups in total. The van der Waals surface area contributed by atoms with E-state index in [1.54, 1.807) is 4.90 Å². The van der Waals surface area contributed by atoms with Crippen molar-refractivity contribution in [2.24, 2.45) is 0 Å². The van der Waals surface area contributed by atoms with Crippen LogP contribution in [0.25, 0.3) is 0 Å². The number of carboxylic acids is 1. The Kier molecular flexibility index (Phi) is 6.23. The molecule has 0 unspecified atom stereocenters. The van der Waals surface area contributed by atoms with Crippen molar-refractivity contribution in [3.8, 4) is 0 Å². The van der Waals surface area contributed by atoms with E-state index in [2.05, 4.69) is 38.2 Å². The minimum Gasteiger partial charge on any atom is -0.481 e. The second-order valence-corrected chi connectivity index (χ2v) is 10.1. The molecule has 1 fully saturated rings. The predicted molar refractivity (Wildman–Crippen MR) is 128 cm³/mol. The third-order valence-corrected chi connectivity index (χ3v) is 6.26. The first-order chi connectivity index (χ1) is 15.6. The zero-order valence-corrected chi connectivity index (χ0v) is 19.6. The van der Waals surface area contributed by atoms with E-state index in [0.717, 1.165) is 22.5 Å². The Labute approximate surface area is 194 Å². The van der Waals surface area contributed by atoms with Crippen LogP contribution in [0.5, 0.6) is 0 Å². The lowest BCUT2D eigenvalue weighted by atomic mass is 9.84. The van der Waals surface area contributed by atoms with Gasteiger partial charge in [0.1, 0.15) is 11.5 Å². The van der Waals surface area contributed by atoms with Crippen LogP contribution in [0.3, 0.4) is 0 Å². The number of amidine groups is 1. The van der Waals surface area contributed by atoms with Gasteiger partial charge in [-0.15, -0.1) is 0 Å². The fraction of sp³-hybridized carbons (Fsp3) is 0.462. The molecule has 0 amide bonds. The Bertz CT molecular complexity index is 1100. The van der Waals surface area contributed by atoms with Gasteiger partial charge in [-0.1, -0.05) is 26.8 Å². The molecule has 174 valence electrons. The second-order valence-electron chi connectivity index (χ2n) is 10.1. The molecule has 0 radical (unpaired) electrons. The number of carboxylic acid groups (broad SMARTS) is 1. The van der Waals surface area contributed by atoms with E-state index in [4.69, 9.17) is 15.5 Å². The summed E-state index contributed by atoms with van der Waals surface area (Å²) in [7, 11) is 0. The number of aromatic nitrogens is 1. The zero-order chi connectivity index (χ0) is 23.8. The SMILES string of the molecule is CC(C)(C)c1cc(C(=O)CN2Cc3ccc(C4CC4)nc3C2=N)ccc1NCCCC(=O)O. The molecule has 1 aromatic heterocycles. The number of anilines is 1. The molecule has 7 heteroatoms. The summed E-state index contributed by atoms with van der Waals surface area (Å²) in [6.07, 6.45) is 2.99. The molecule has 4 rings (SSSR count). The standard InChI is InChI=1S/C26H32N4O3/c1-26(2,3)19-13-17(8-11-21(19)28-12-4-5-23(32)33)22(31)15-30-14-18-9-10-20(16-6-7-16)29-24(18)25(30)27/h8-11,13,16,27-28H,4-7,12,14-15H2,1-3H3,(H,32,33). The monoisotopic (exact) mass is 448 g/mol.